The molecule has 2 aromatic carbocycles. The average molecular weight is 421 g/mol. The second kappa shape index (κ2) is 7.62. The quantitative estimate of drug-likeness (QED) is 0.795. The molecule has 2 aliphatic heterocycles. The van der Waals surface area contributed by atoms with Crippen LogP contribution in [-0.2, 0) is 17.9 Å². The van der Waals surface area contributed by atoms with Gasteiger partial charge in [0.25, 0.3) is 5.91 Å². The summed E-state index contributed by atoms with van der Waals surface area (Å²) in [4.78, 5) is 25.9. The van der Waals surface area contributed by atoms with Gasteiger partial charge in [0.05, 0.1) is 12.6 Å². The van der Waals surface area contributed by atoms with Crippen LogP contribution in [0.25, 0.3) is 0 Å². The number of benzene rings is 2. The molecule has 6 nitrogen and oxygen atoms in total. The summed E-state index contributed by atoms with van der Waals surface area (Å²) in [5.41, 5.74) is 2.14. The Morgan fingerprint density at radius 3 is 2.64 bits per heavy atom. The van der Waals surface area contributed by atoms with Gasteiger partial charge < -0.3 is 20.1 Å². The number of piperidine rings is 1. The molecule has 146 valence electrons. The van der Waals surface area contributed by atoms with Crippen LogP contribution in [0, 0.1) is 0 Å². The minimum Gasteiger partial charge on any atom is -0.489 e. The molecule has 0 radical (unpaired) electrons. The third-order valence-electron chi connectivity index (χ3n) is 5.01. The number of hydrogen-bond donors (Lipinski definition) is 2. The van der Waals surface area contributed by atoms with Crippen LogP contribution in [-0.4, -0.2) is 34.1 Å². The van der Waals surface area contributed by atoms with E-state index in [0.29, 0.717) is 34.3 Å². The second-order valence-electron chi connectivity index (χ2n) is 6.90. The number of aliphatic hydroxyl groups is 1. The van der Waals surface area contributed by atoms with Crippen LogP contribution in [0.4, 0.5) is 0 Å². The van der Waals surface area contributed by atoms with Gasteiger partial charge >= 0.3 is 0 Å². The number of rotatable bonds is 4. The maximum absolute atomic E-state index is 12.9. The lowest BCUT2D eigenvalue weighted by atomic mass is 10.0. The van der Waals surface area contributed by atoms with Crippen LogP contribution in [0.3, 0.4) is 0 Å². The van der Waals surface area contributed by atoms with Gasteiger partial charge in [-0.1, -0.05) is 29.3 Å². The van der Waals surface area contributed by atoms with Crippen molar-refractivity contribution in [2.75, 3.05) is 0 Å². The predicted molar refractivity (Wildman–Crippen MR) is 104 cm³/mol. The third-order valence-corrected chi connectivity index (χ3v) is 5.45. The molecule has 0 aromatic heterocycles. The van der Waals surface area contributed by atoms with E-state index in [1.165, 1.54) is 0 Å². The van der Waals surface area contributed by atoms with Crippen molar-refractivity contribution in [2.24, 2.45) is 0 Å². The van der Waals surface area contributed by atoms with E-state index in [1.807, 2.05) is 0 Å². The largest absolute Gasteiger partial charge is 0.489 e. The molecule has 2 heterocycles. The fraction of sp³-hybridized carbons (Fsp3) is 0.300. The van der Waals surface area contributed by atoms with Gasteiger partial charge in [0.2, 0.25) is 5.91 Å². The van der Waals surface area contributed by atoms with Crippen LogP contribution >= 0.6 is 23.2 Å². The molecular formula is C20H18Cl2N2O4. The van der Waals surface area contributed by atoms with E-state index in [-0.39, 0.29) is 24.8 Å². The molecule has 2 N–H and O–H groups in total. The maximum Gasteiger partial charge on any atom is 0.255 e. The number of halogens is 2. The Hall–Kier alpha value is -2.28. The number of hydrogen-bond acceptors (Lipinski definition) is 4. The first kappa shape index (κ1) is 19.1. The van der Waals surface area contributed by atoms with Gasteiger partial charge in [-0.15, -0.1) is 0 Å². The van der Waals surface area contributed by atoms with Crippen molar-refractivity contribution in [1.82, 2.24) is 10.2 Å². The van der Waals surface area contributed by atoms with Crippen molar-refractivity contribution >= 4 is 35.0 Å². The van der Waals surface area contributed by atoms with E-state index >= 15 is 0 Å². The van der Waals surface area contributed by atoms with Crippen LogP contribution in [0.5, 0.6) is 5.75 Å². The van der Waals surface area contributed by atoms with E-state index in [9.17, 15) is 14.7 Å². The normalized spacial score (nSPS) is 21.5. The number of aliphatic hydroxyl groups excluding tert-OH is 1. The van der Waals surface area contributed by atoms with Crippen molar-refractivity contribution in [3.63, 3.8) is 0 Å². The predicted octanol–water partition coefficient (Wildman–Crippen LogP) is 3.13. The summed E-state index contributed by atoms with van der Waals surface area (Å²) in [6.45, 7) is 0.575. The van der Waals surface area contributed by atoms with E-state index < -0.39 is 12.3 Å². The molecule has 1 fully saturated rings. The fourth-order valence-corrected chi connectivity index (χ4v) is 4.25. The molecule has 0 saturated carbocycles. The lowest BCUT2D eigenvalue weighted by Crippen LogP contribution is -2.55. The molecule has 2 aliphatic rings. The molecule has 4 rings (SSSR count). The van der Waals surface area contributed by atoms with Crippen LogP contribution in [0.15, 0.2) is 36.4 Å². The molecule has 0 bridgehead atoms. The summed E-state index contributed by atoms with van der Waals surface area (Å²) in [6.07, 6.45) is -0.373. The number of carbonyl (C=O) groups excluding carboxylic acids is 2. The van der Waals surface area contributed by atoms with Crippen LogP contribution in [0.1, 0.15) is 34.3 Å². The standard InChI is InChI=1S/C20H18Cl2N2O4/c21-12-6-11(7-13(22)8-12)10-28-17-3-1-2-14-15(17)9-24(20(14)27)16-4-5-18(25)23-19(16)26/h1-3,6-8,16,19,26H,4-5,9-10H2,(H,23,25). The minimum atomic E-state index is -1.07. The summed E-state index contributed by atoms with van der Waals surface area (Å²) >= 11 is 12.1. The van der Waals surface area contributed by atoms with Gasteiger partial charge in [0, 0.05) is 27.6 Å². The van der Waals surface area contributed by atoms with Gasteiger partial charge in [0.1, 0.15) is 18.6 Å². The van der Waals surface area contributed by atoms with Crippen molar-refractivity contribution < 1.29 is 19.4 Å². The zero-order valence-electron chi connectivity index (χ0n) is 14.8. The Bertz CT molecular complexity index is 930. The molecule has 2 unspecified atom stereocenters. The number of nitrogens with one attached hydrogen (secondary N) is 1. The lowest BCUT2D eigenvalue weighted by Gasteiger charge is -2.35. The molecule has 2 aromatic rings. The molecule has 2 amide bonds. The van der Waals surface area contributed by atoms with E-state index in [0.717, 1.165) is 11.1 Å². The Morgan fingerprint density at radius 2 is 1.93 bits per heavy atom. The first-order valence-corrected chi connectivity index (χ1v) is 9.66. The highest BCUT2D eigenvalue weighted by Gasteiger charge is 2.40. The highest BCUT2D eigenvalue weighted by atomic mass is 35.5. The van der Waals surface area contributed by atoms with Gasteiger partial charge in [-0.05, 0) is 42.3 Å². The monoisotopic (exact) mass is 420 g/mol. The van der Waals surface area contributed by atoms with E-state index in [2.05, 4.69) is 5.32 Å². The van der Waals surface area contributed by atoms with Gasteiger partial charge in [0.15, 0.2) is 0 Å². The average Bonchev–Trinajstić information content (AvgIpc) is 2.97. The molecule has 0 spiro atoms. The van der Waals surface area contributed by atoms with Crippen molar-refractivity contribution in [2.45, 2.75) is 38.3 Å². The van der Waals surface area contributed by atoms with Gasteiger partial charge in [-0.3, -0.25) is 9.59 Å². The Balaban J connectivity index is 1.53. The number of carbonyl (C=O) groups is 2. The van der Waals surface area contributed by atoms with E-state index in [1.54, 1.807) is 41.3 Å². The maximum atomic E-state index is 12.9. The van der Waals surface area contributed by atoms with E-state index in [4.69, 9.17) is 27.9 Å². The second-order valence-corrected chi connectivity index (χ2v) is 7.77. The third kappa shape index (κ3) is 3.68. The zero-order valence-corrected chi connectivity index (χ0v) is 16.3. The number of ether oxygens (including phenoxy) is 1. The van der Waals surface area contributed by atoms with Crippen LogP contribution in [0.2, 0.25) is 10.0 Å². The summed E-state index contributed by atoms with van der Waals surface area (Å²) in [5, 5.41) is 13.7. The lowest BCUT2D eigenvalue weighted by molar-refractivity contribution is -0.129. The summed E-state index contributed by atoms with van der Waals surface area (Å²) in [5.74, 6) is 0.211. The summed E-state index contributed by atoms with van der Waals surface area (Å²) in [7, 11) is 0. The van der Waals surface area contributed by atoms with Crippen molar-refractivity contribution in [3.8, 4) is 5.75 Å². The van der Waals surface area contributed by atoms with Crippen LogP contribution < -0.4 is 10.1 Å². The Kier molecular flexibility index (Phi) is 5.19. The molecule has 0 aliphatic carbocycles. The smallest absolute Gasteiger partial charge is 0.255 e. The van der Waals surface area contributed by atoms with Crippen molar-refractivity contribution in [1.29, 1.82) is 0 Å². The number of nitrogens with zero attached hydrogens (tertiary/aromatic N) is 1. The first-order valence-electron chi connectivity index (χ1n) is 8.90. The number of amides is 2. The number of fused-ring (bicyclic) bond motifs is 1. The first-order chi connectivity index (χ1) is 13.4. The molecule has 1 saturated heterocycles. The van der Waals surface area contributed by atoms with Gasteiger partial charge in [-0.2, -0.15) is 0 Å². The molecule has 8 heteroatoms. The molecule has 2 atom stereocenters. The zero-order chi connectivity index (χ0) is 19.8. The highest BCUT2D eigenvalue weighted by Crippen LogP contribution is 2.34. The highest BCUT2D eigenvalue weighted by molar-refractivity contribution is 6.34. The topological polar surface area (TPSA) is 78.9 Å². The summed E-state index contributed by atoms with van der Waals surface area (Å²) in [6, 6.07) is 10.0. The molecular weight excluding hydrogens is 403 g/mol. The minimum absolute atomic E-state index is 0.175. The SMILES string of the molecule is O=C1CCC(N2Cc3c(OCc4cc(Cl)cc(Cl)c4)cccc3C2=O)C(O)N1. The van der Waals surface area contributed by atoms with Gasteiger partial charge in [-0.25, -0.2) is 0 Å². The summed E-state index contributed by atoms with van der Waals surface area (Å²) < 4.78 is 5.94. The Morgan fingerprint density at radius 1 is 1.18 bits per heavy atom. The molecule has 28 heavy (non-hydrogen) atoms. The fourth-order valence-electron chi connectivity index (χ4n) is 3.68. The van der Waals surface area contributed by atoms with Crippen molar-refractivity contribution in [3.05, 3.63) is 63.1 Å². The Labute approximate surface area is 172 Å².